The van der Waals surface area contributed by atoms with Gasteiger partial charge >= 0.3 is 0 Å². The van der Waals surface area contributed by atoms with Crippen molar-refractivity contribution >= 4 is 17.4 Å². The molecule has 0 aliphatic rings. The van der Waals surface area contributed by atoms with Crippen LogP contribution in [0.25, 0.3) is 0 Å². The Morgan fingerprint density at radius 3 is 2.48 bits per heavy atom. The molecule has 0 spiro atoms. The lowest BCUT2D eigenvalue weighted by Crippen LogP contribution is -2.29. The molecule has 0 aliphatic carbocycles. The van der Waals surface area contributed by atoms with Crippen LogP contribution in [0.3, 0.4) is 0 Å². The number of amides is 1. The third kappa shape index (κ3) is 4.86. The first-order valence-corrected chi connectivity index (χ1v) is 8.39. The molecule has 0 atom stereocenters. The maximum atomic E-state index is 12.5. The summed E-state index contributed by atoms with van der Waals surface area (Å²) in [5.74, 6) is 0.345. The van der Waals surface area contributed by atoms with Crippen molar-refractivity contribution in [2.75, 3.05) is 18.9 Å². The zero-order chi connectivity index (χ0) is 19.1. The van der Waals surface area contributed by atoms with Gasteiger partial charge in [0.25, 0.3) is 5.91 Å². The maximum Gasteiger partial charge on any atom is 0.273 e. The highest BCUT2D eigenvalue weighted by Gasteiger charge is 2.13. The van der Waals surface area contributed by atoms with E-state index >= 15 is 0 Å². The van der Waals surface area contributed by atoms with E-state index in [-0.39, 0.29) is 11.6 Å². The van der Waals surface area contributed by atoms with Gasteiger partial charge in [0.15, 0.2) is 0 Å². The first-order chi connectivity index (χ1) is 13.2. The monoisotopic (exact) mass is 358 g/mol. The Bertz CT molecular complexity index is 933. The molecule has 7 nitrogen and oxygen atoms in total. The number of carbonyl (C=O) groups excluding carboxylic acids is 1. The SMILES string of the molecule is CN(CCc1ccncc1)C(=O)c1cnc(Nc2ccc(C#N)cc2)cn1. The Morgan fingerprint density at radius 1 is 1.11 bits per heavy atom. The summed E-state index contributed by atoms with van der Waals surface area (Å²) < 4.78 is 0. The lowest BCUT2D eigenvalue weighted by atomic mass is 10.2. The molecule has 1 amide bonds. The van der Waals surface area contributed by atoms with Gasteiger partial charge in [0.2, 0.25) is 0 Å². The van der Waals surface area contributed by atoms with Gasteiger partial charge in [0.1, 0.15) is 11.5 Å². The van der Waals surface area contributed by atoms with Crippen molar-refractivity contribution in [1.29, 1.82) is 5.26 Å². The Morgan fingerprint density at radius 2 is 1.85 bits per heavy atom. The van der Waals surface area contributed by atoms with Gasteiger partial charge in [-0.2, -0.15) is 5.26 Å². The highest BCUT2D eigenvalue weighted by Crippen LogP contribution is 2.14. The fraction of sp³-hybridized carbons (Fsp3) is 0.150. The number of anilines is 2. The van der Waals surface area contributed by atoms with Gasteiger partial charge in [-0.3, -0.25) is 9.78 Å². The number of pyridine rings is 1. The fourth-order valence-corrected chi connectivity index (χ4v) is 2.42. The van der Waals surface area contributed by atoms with Gasteiger partial charge in [-0.15, -0.1) is 0 Å². The van der Waals surface area contributed by atoms with Gasteiger partial charge in [-0.1, -0.05) is 0 Å². The van der Waals surface area contributed by atoms with Crippen LogP contribution in [0, 0.1) is 11.3 Å². The number of likely N-dealkylation sites (N-methyl/N-ethyl adjacent to an activating group) is 1. The maximum absolute atomic E-state index is 12.5. The van der Waals surface area contributed by atoms with Crippen molar-refractivity contribution in [2.45, 2.75) is 6.42 Å². The molecule has 134 valence electrons. The van der Waals surface area contributed by atoms with E-state index in [2.05, 4.69) is 26.3 Å². The molecule has 1 N–H and O–H groups in total. The summed E-state index contributed by atoms with van der Waals surface area (Å²) in [5.41, 5.74) is 2.79. The second-order valence-electron chi connectivity index (χ2n) is 5.93. The Hall–Kier alpha value is -3.79. The Balaban J connectivity index is 1.58. The molecule has 2 aromatic heterocycles. The highest BCUT2D eigenvalue weighted by atomic mass is 16.2. The van der Waals surface area contributed by atoms with Gasteiger partial charge in [0, 0.05) is 31.7 Å². The van der Waals surface area contributed by atoms with Crippen LogP contribution >= 0.6 is 0 Å². The molecular formula is C20H18N6O. The minimum absolute atomic E-state index is 0.179. The topological polar surface area (TPSA) is 94.8 Å². The van der Waals surface area contributed by atoms with Crippen molar-refractivity contribution in [2.24, 2.45) is 0 Å². The van der Waals surface area contributed by atoms with Crippen molar-refractivity contribution in [3.63, 3.8) is 0 Å². The van der Waals surface area contributed by atoms with Crippen LogP contribution in [-0.4, -0.2) is 39.4 Å². The highest BCUT2D eigenvalue weighted by molar-refractivity contribution is 5.91. The molecule has 3 aromatic rings. The van der Waals surface area contributed by atoms with E-state index in [0.717, 1.165) is 17.7 Å². The molecule has 1 aromatic carbocycles. The van der Waals surface area contributed by atoms with E-state index in [0.29, 0.717) is 17.9 Å². The summed E-state index contributed by atoms with van der Waals surface area (Å²) in [6.45, 7) is 0.579. The molecule has 0 fully saturated rings. The smallest absolute Gasteiger partial charge is 0.273 e. The quantitative estimate of drug-likeness (QED) is 0.728. The summed E-state index contributed by atoms with van der Waals surface area (Å²) in [6.07, 6.45) is 7.19. The number of nitrogens with zero attached hydrogens (tertiary/aromatic N) is 5. The second-order valence-corrected chi connectivity index (χ2v) is 5.93. The number of carbonyl (C=O) groups is 1. The van der Waals surface area contributed by atoms with E-state index in [1.807, 2.05) is 12.1 Å². The summed E-state index contributed by atoms with van der Waals surface area (Å²) in [7, 11) is 1.74. The van der Waals surface area contributed by atoms with E-state index in [9.17, 15) is 4.79 Å². The van der Waals surface area contributed by atoms with Crippen LogP contribution in [0.5, 0.6) is 0 Å². The summed E-state index contributed by atoms with van der Waals surface area (Å²) in [5, 5.41) is 11.9. The largest absolute Gasteiger partial charge is 0.340 e. The number of benzene rings is 1. The third-order valence-electron chi connectivity index (χ3n) is 3.99. The van der Waals surface area contributed by atoms with E-state index < -0.39 is 0 Å². The molecule has 2 heterocycles. The van der Waals surface area contributed by atoms with E-state index in [4.69, 9.17) is 5.26 Å². The van der Waals surface area contributed by atoms with Crippen LogP contribution in [0.4, 0.5) is 11.5 Å². The summed E-state index contributed by atoms with van der Waals surface area (Å²) >= 11 is 0. The van der Waals surface area contributed by atoms with E-state index in [1.165, 1.54) is 12.4 Å². The van der Waals surface area contributed by atoms with Gasteiger partial charge in [0.05, 0.1) is 24.0 Å². The predicted octanol–water partition coefficient (Wildman–Crippen LogP) is 2.80. The minimum atomic E-state index is -0.179. The molecule has 3 rings (SSSR count). The molecule has 0 saturated heterocycles. The van der Waals surface area contributed by atoms with Gasteiger partial charge in [-0.25, -0.2) is 9.97 Å². The number of nitriles is 1. The van der Waals surface area contributed by atoms with Crippen molar-refractivity contribution in [1.82, 2.24) is 19.9 Å². The molecule has 0 unspecified atom stereocenters. The molecule has 0 bridgehead atoms. The van der Waals surface area contributed by atoms with Crippen LogP contribution < -0.4 is 5.32 Å². The minimum Gasteiger partial charge on any atom is -0.340 e. The summed E-state index contributed by atoms with van der Waals surface area (Å²) in [6, 6.07) is 12.9. The number of aromatic nitrogens is 3. The zero-order valence-electron chi connectivity index (χ0n) is 14.8. The fourth-order valence-electron chi connectivity index (χ4n) is 2.42. The van der Waals surface area contributed by atoms with Crippen LogP contribution in [0.15, 0.2) is 61.2 Å². The van der Waals surface area contributed by atoms with Crippen molar-refractivity contribution in [3.8, 4) is 6.07 Å². The third-order valence-corrected chi connectivity index (χ3v) is 3.99. The van der Waals surface area contributed by atoms with E-state index in [1.54, 1.807) is 48.6 Å². The molecule has 0 radical (unpaired) electrons. The van der Waals surface area contributed by atoms with Crippen LogP contribution in [0.2, 0.25) is 0 Å². The van der Waals surface area contributed by atoms with Crippen molar-refractivity contribution in [3.05, 3.63) is 78.0 Å². The van der Waals surface area contributed by atoms with Crippen molar-refractivity contribution < 1.29 is 4.79 Å². The number of hydrogen-bond acceptors (Lipinski definition) is 6. The van der Waals surface area contributed by atoms with Crippen LogP contribution in [-0.2, 0) is 6.42 Å². The first-order valence-electron chi connectivity index (χ1n) is 8.39. The zero-order valence-corrected chi connectivity index (χ0v) is 14.8. The lowest BCUT2D eigenvalue weighted by molar-refractivity contribution is 0.0790. The molecule has 0 aliphatic heterocycles. The molecule has 7 heteroatoms. The van der Waals surface area contributed by atoms with Gasteiger partial charge in [-0.05, 0) is 48.4 Å². The predicted molar refractivity (Wildman–Crippen MR) is 101 cm³/mol. The number of nitrogens with one attached hydrogen (secondary N) is 1. The number of hydrogen-bond donors (Lipinski definition) is 1. The Labute approximate surface area is 157 Å². The average molecular weight is 358 g/mol. The Kier molecular flexibility index (Phi) is 5.70. The van der Waals surface area contributed by atoms with Gasteiger partial charge < -0.3 is 10.2 Å². The standard InChI is InChI=1S/C20H18N6O/c1-26(11-8-15-6-9-22-10-7-15)20(27)18-13-24-19(14-23-18)25-17-4-2-16(12-21)3-5-17/h2-7,9-10,13-14H,8,11H2,1H3,(H,24,25). The van der Waals surface area contributed by atoms with Crippen LogP contribution in [0.1, 0.15) is 21.6 Å². The summed E-state index contributed by atoms with van der Waals surface area (Å²) in [4.78, 5) is 26.5. The average Bonchev–Trinajstić information content (AvgIpc) is 2.73. The normalized spacial score (nSPS) is 10.1. The first kappa shape index (κ1) is 18.0. The number of rotatable bonds is 6. The molecular weight excluding hydrogens is 340 g/mol. The molecule has 0 saturated carbocycles. The lowest BCUT2D eigenvalue weighted by Gasteiger charge is -2.16. The molecule has 27 heavy (non-hydrogen) atoms. The second kappa shape index (κ2) is 8.54.